The number of hydrogen-bond donors (Lipinski definition) is 2. The Labute approximate surface area is 119 Å². The van der Waals surface area contributed by atoms with Gasteiger partial charge in [-0.2, -0.15) is 0 Å². The highest BCUT2D eigenvalue weighted by Crippen LogP contribution is 2.16. The highest BCUT2D eigenvalue weighted by atomic mass is 79.9. The number of carbonyl (C=O) groups is 1. The summed E-state index contributed by atoms with van der Waals surface area (Å²) < 4.78 is 6.10. The third-order valence-electron chi connectivity index (χ3n) is 2.63. The number of benzene rings is 1. The Bertz CT molecular complexity index is 543. The molecular formula is C13H14BrN3O2. The van der Waals surface area contributed by atoms with Crippen LogP contribution in [0.5, 0.6) is 0 Å². The van der Waals surface area contributed by atoms with Crippen LogP contribution < -0.4 is 5.73 Å². The Morgan fingerprint density at radius 1 is 1.47 bits per heavy atom. The molecule has 0 radical (unpaired) electrons. The van der Waals surface area contributed by atoms with E-state index < -0.39 is 12.0 Å². The van der Waals surface area contributed by atoms with E-state index in [9.17, 15) is 4.79 Å². The van der Waals surface area contributed by atoms with Gasteiger partial charge in [0, 0.05) is 28.3 Å². The number of ether oxygens (including phenoxy) is 1. The van der Waals surface area contributed by atoms with Gasteiger partial charge in [0.25, 0.3) is 0 Å². The molecule has 1 aromatic heterocycles. The monoisotopic (exact) mass is 323 g/mol. The average molecular weight is 324 g/mol. The quantitative estimate of drug-likeness (QED) is 0.822. The van der Waals surface area contributed by atoms with E-state index in [1.807, 2.05) is 24.3 Å². The van der Waals surface area contributed by atoms with Crippen molar-refractivity contribution < 1.29 is 9.53 Å². The molecule has 0 aliphatic rings. The lowest BCUT2D eigenvalue weighted by molar-refractivity contribution is -0.146. The molecule has 0 amide bonds. The zero-order chi connectivity index (χ0) is 13.7. The number of carbonyl (C=O) groups excluding carboxylic acids is 1. The number of H-pyrrole nitrogens is 1. The van der Waals surface area contributed by atoms with E-state index in [0.29, 0.717) is 6.42 Å². The third-order valence-corrected chi connectivity index (χ3v) is 3.40. The topological polar surface area (TPSA) is 81.0 Å². The zero-order valence-electron chi connectivity index (χ0n) is 10.2. The maximum absolute atomic E-state index is 11.8. The first-order valence-corrected chi connectivity index (χ1v) is 6.59. The molecule has 0 spiro atoms. The standard InChI is InChI=1S/C13H14BrN3O2/c14-11-4-2-1-3-9(11)7-19-13(18)12(15)5-10-6-16-8-17-10/h1-4,6,8,12H,5,7,15H2,(H,16,17)/t12-/m0/s1. The Morgan fingerprint density at radius 2 is 2.26 bits per heavy atom. The minimum Gasteiger partial charge on any atom is -0.460 e. The van der Waals surface area contributed by atoms with Crippen LogP contribution >= 0.6 is 15.9 Å². The average Bonchev–Trinajstić information content (AvgIpc) is 2.90. The molecule has 1 aromatic carbocycles. The molecule has 0 fully saturated rings. The van der Waals surface area contributed by atoms with Crippen LogP contribution in [0.4, 0.5) is 0 Å². The van der Waals surface area contributed by atoms with E-state index in [1.165, 1.54) is 0 Å². The van der Waals surface area contributed by atoms with Crippen LogP contribution in [-0.2, 0) is 22.6 Å². The van der Waals surface area contributed by atoms with Crippen LogP contribution in [0.1, 0.15) is 11.3 Å². The number of hydrogen-bond acceptors (Lipinski definition) is 4. The number of nitrogens with one attached hydrogen (secondary N) is 1. The zero-order valence-corrected chi connectivity index (χ0v) is 11.8. The molecule has 3 N–H and O–H groups in total. The van der Waals surface area contributed by atoms with Gasteiger partial charge < -0.3 is 15.5 Å². The second kappa shape index (κ2) is 6.49. The van der Waals surface area contributed by atoms with Gasteiger partial charge in [0.05, 0.1) is 6.33 Å². The van der Waals surface area contributed by atoms with E-state index in [2.05, 4.69) is 25.9 Å². The Morgan fingerprint density at radius 3 is 2.95 bits per heavy atom. The highest BCUT2D eigenvalue weighted by Gasteiger charge is 2.16. The Balaban J connectivity index is 1.86. The van der Waals surface area contributed by atoms with Crippen molar-refractivity contribution in [1.82, 2.24) is 9.97 Å². The predicted molar refractivity (Wildman–Crippen MR) is 74.2 cm³/mol. The first-order chi connectivity index (χ1) is 9.16. The molecule has 100 valence electrons. The lowest BCUT2D eigenvalue weighted by atomic mass is 10.2. The maximum Gasteiger partial charge on any atom is 0.323 e. The van der Waals surface area contributed by atoms with E-state index in [0.717, 1.165) is 15.7 Å². The summed E-state index contributed by atoms with van der Waals surface area (Å²) in [5.41, 5.74) is 7.49. The molecule has 5 nitrogen and oxygen atoms in total. The molecule has 0 aliphatic heterocycles. The minimum atomic E-state index is -0.692. The van der Waals surface area contributed by atoms with Gasteiger partial charge in [0.15, 0.2) is 0 Å². The molecule has 0 aliphatic carbocycles. The number of nitrogens with two attached hydrogens (primary N) is 1. The smallest absolute Gasteiger partial charge is 0.323 e. The van der Waals surface area contributed by atoms with Crippen LogP contribution in [0.3, 0.4) is 0 Å². The van der Waals surface area contributed by atoms with Crippen molar-refractivity contribution in [3.05, 3.63) is 52.5 Å². The first kappa shape index (κ1) is 13.8. The summed E-state index contributed by atoms with van der Waals surface area (Å²) in [6.45, 7) is 0.205. The molecule has 0 bridgehead atoms. The van der Waals surface area contributed by atoms with Crippen LogP contribution in [-0.4, -0.2) is 22.0 Å². The van der Waals surface area contributed by atoms with Crippen molar-refractivity contribution in [3.8, 4) is 0 Å². The number of rotatable bonds is 5. The van der Waals surface area contributed by atoms with Crippen molar-refractivity contribution in [2.24, 2.45) is 5.73 Å². The Hall–Kier alpha value is -1.66. The van der Waals surface area contributed by atoms with Crippen LogP contribution in [0.15, 0.2) is 41.3 Å². The van der Waals surface area contributed by atoms with Gasteiger partial charge in [0.1, 0.15) is 12.6 Å². The summed E-state index contributed by atoms with van der Waals surface area (Å²) in [6.07, 6.45) is 3.57. The maximum atomic E-state index is 11.8. The van der Waals surface area contributed by atoms with Gasteiger partial charge in [0.2, 0.25) is 0 Å². The van der Waals surface area contributed by atoms with Gasteiger partial charge in [-0.05, 0) is 6.07 Å². The second-order valence-electron chi connectivity index (χ2n) is 4.09. The van der Waals surface area contributed by atoms with Crippen LogP contribution in [0.25, 0.3) is 0 Å². The van der Waals surface area contributed by atoms with Crippen molar-refractivity contribution in [1.29, 1.82) is 0 Å². The molecular weight excluding hydrogens is 310 g/mol. The predicted octanol–water partition coefficient (Wildman–Crippen LogP) is 1.79. The molecule has 0 saturated heterocycles. The minimum absolute atomic E-state index is 0.205. The number of aromatic amines is 1. The van der Waals surface area contributed by atoms with E-state index >= 15 is 0 Å². The van der Waals surface area contributed by atoms with Gasteiger partial charge in [-0.1, -0.05) is 34.1 Å². The fraction of sp³-hybridized carbons (Fsp3) is 0.231. The van der Waals surface area contributed by atoms with Crippen molar-refractivity contribution in [2.75, 3.05) is 0 Å². The molecule has 0 saturated carbocycles. The number of esters is 1. The van der Waals surface area contributed by atoms with Crippen LogP contribution in [0, 0.1) is 0 Å². The first-order valence-electron chi connectivity index (χ1n) is 5.79. The normalized spacial score (nSPS) is 12.1. The van der Waals surface area contributed by atoms with Gasteiger partial charge in [-0.25, -0.2) is 4.98 Å². The molecule has 1 atom stereocenters. The van der Waals surface area contributed by atoms with E-state index in [-0.39, 0.29) is 6.61 Å². The lowest BCUT2D eigenvalue weighted by Crippen LogP contribution is -2.34. The second-order valence-corrected chi connectivity index (χ2v) is 4.94. The van der Waals surface area contributed by atoms with E-state index in [1.54, 1.807) is 12.5 Å². The Kier molecular flexibility index (Phi) is 4.70. The number of imidazole rings is 1. The van der Waals surface area contributed by atoms with E-state index in [4.69, 9.17) is 10.5 Å². The molecule has 2 aromatic rings. The number of halogens is 1. The summed E-state index contributed by atoms with van der Waals surface area (Å²) >= 11 is 3.40. The molecule has 2 rings (SSSR count). The summed E-state index contributed by atoms with van der Waals surface area (Å²) in [5, 5.41) is 0. The number of nitrogens with zero attached hydrogens (tertiary/aromatic N) is 1. The summed E-state index contributed by atoms with van der Waals surface area (Å²) in [4.78, 5) is 18.5. The van der Waals surface area contributed by atoms with Gasteiger partial charge in [-0.3, -0.25) is 4.79 Å². The highest BCUT2D eigenvalue weighted by molar-refractivity contribution is 9.10. The van der Waals surface area contributed by atoms with Crippen molar-refractivity contribution in [3.63, 3.8) is 0 Å². The summed E-state index contributed by atoms with van der Waals surface area (Å²) in [6, 6.07) is 6.88. The fourth-order valence-corrected chi connectivity index (χ4v) is 1.99. The SMILES string of the molecule is N[C@@H](Cc1cnc[nH]1)C(=O)OCc1ccccc1Br. The lowest BCUT2D eigenvalue weighted by Gasteiger charge is -2.11. The molecule has 0 unspecified atom stereocenters. The van der Waals surface area contributed by atoms with Crippen molar-refractivity contribution >= 4 is 21.9 Å². The number of aromatic nitrogens is 2. The summed E-state index contributed by atoms with van der Waals surface area (Å²) in [5.74, 6) is -0.426. The molecule has 1 heterocycles. The third kappa shape index (κ3) is 3.90. The molecule has 6 heteroatoms. The molecule has 19 heavy (non-hydrogen) atoms. The van der Waals surface area contributed by atoms with Gasteiger partial charge >= 0.3 is 5.97 Å². The van der Waals surface area contributed by atoms with Crippen LogP contribution in [0.2, 0.25) is 0 Å². The largest absolute Gasteiger partial charge is 0.460 e. The summed E-state index contributed by atoms with van der Waals surface area (Å²) in [7, 11) is 0. The fourth-order valence-electron chi connectivity index (χ4n) is 1.59. The van der Waals surface area contributed by atoms with Gasteiger partial charge in [-0.15, -0.1) is 0 Å². The van der Waals surface area contributed by atoms with Crippen molar-refractivity contribution in [2.45, 2.75) is 19.1 Å².